The average Bonchev–Trinajstić information content (AvgIpc) is 2.70. The fourth-order valence-corrected chi connectivity index (χ4v) is 3.86. The van der Waals surface area contributed by atoms with E-state index in [1.807, 2.05) is 30.3 Å². The summed E-state index contributed by atoms with van der Waals surface area (Å²) in [7, 11) is -3.83. The third-order valence-corrected chi connectivity index (χ3v) is 7.18. The highest BCUT2D eigenvalue weighted by Gasteiger charge is 2.43. The molecule has 0 aliphatic carbocycles. The van der Waals surface area contributed by atoms with E-state index < -0.39 is 20.5 Å². The van der Waals surface area contributed by atoms with E-state index in [2.05, 4.69) is 4.98 Å². The van der Waals surface area contributed by atoms with Crippen molar-refractivity contribution in [1.29, 1.82) is 0 Å². The number of carbonyl (C=O) groups excluding carboxylic acids is 1. The lowest BCUT2D eigenvalue weighted by Crippen LogP contribution is -2.49. The molecule has 0 saturated heterocycles. The first-order valence-electron chi connectivity index (χ1n) is 8.85. The van der Waals surface area contributed by atoms with Gasteiger partial charge in [-0.3, -0.25) is 19.8 Å². The van der Waals surface area contributed by atoms with Gasteiger partial charge in [0, 0.05) is 42.2 Å². The molecule has 0 aliphatic heterocycles. The zero-order valence-corrected chi connectivity index (χ0v) is 16.8. The van der Waals surface area contributed by atoms with E-state index in [0.29, 0.717) is 5.56 Å². The second kappa shape index (κ2) is 7.76. The van der Waals surface area contributed by atoms with Gasteiger partial charge >= 0.3 is 0 Å². The summed E-state index contributed by atoms with van der Waals surface area (Å²) >= 11 is 0. The van der Waals surface area contributed by atoms with Crippen molar-refractivity contribution in [2.24, 2.45) is 0 Å². The maximum atomic E-state index is 12.5. The molecule has 0 spiro atoms. The Morgan fingerprint density at radius 1 is 1.21 bits per heavy atom. The van der Waals surface area contributed by atoms with E-state index in [9.17, 15) is 18.0 Å². The van der Waals surface area contributed by atoms with Crippen LogP contribution in [0.15, 0.2) is 59.7 Å². The van der Waals surface area contributed by atoms with E-state index in [4.69, 9.17) is 5.21 Å². The number of carbonyl (C=O) groups is 1. The molecular weight excluding hydrogens is 394 g/mol. The molecule has 0 bridgehead atoms. The van der Waals surface area contributed by atoms with Crippen molar-refractivity contribution in [2.75, 3.05) is 6.26 Å². The van der Waals surface area contributed by atoms with Crippen LogP contribution >= 0.6 is 0 Å². The summed E-state index contributed by atoms with van der Waals surface area (Å²) in [5.74, 6) is -1.04. The highest BCUT2D eigenvalue weighted by molar-refractivity contribution is 7.92. The maximum absolute atomic E-state index is 12.5. The van der Waals surface area contributed by atoms with Gasteiger partial charge in [-0.05, 0) is 37.1 Å². The van der Waals surface area contributed by atoms with E-state index in [1.54, 1.807) is 18.5 Å². The van der Waals surface area contributed by atoms with Crippen molar-refractivity contribution < 1.29 is 18.4 Å². The molecule has 29 heavy (non-hydrogen) atoms. The number of fused-ring (bicyclic) bond motifs is 1. The molecular formula is C20H21N3O5S. The maximum Gasteiger partial charge on any atom is 0.264 e. The normalized spacial score (nSPS) is 13.8. The number of benzene rings is 1. The van der Waals surface area contributed by atoms with Crippen LogP contribution in [-0.4, -0.2) is 40.1 Å². The Hall–Kier alpha value is -3.04. The molecule has 1 amide bonds. The molecule has 1 unspecified atom stereocenters. The lowest BCUT2D eigenvalue weighted by Gasteiger charge is -2.25. The Morgan fingerprint density at radius 3 is 2.59 bits per heavy atom. The second-order valence-corrected chi connectivity index (χ2v) is 9.50. The summed E-state index contributed by atoms with van der Waals surface area (Å²) in [4.78, 5) is 28.8. The SMILES string of the molecule is CC(CCn1ccc(-c2cnc3ccccc3c2)cc1=O)(C(=O)NO)S(C)(=O)=O. The minimum absolute atomic E-state index is 0.00786. The first-order valence-corrected chi connectivity index (χ1v) is 10.7. The van der Waals surface area contributed by atoms with Gasteiger partial charge in [0.25, 0.3) is 11.5 Å². The van der Waals surface area contributed by atoms with Crippen molar-refractivity contribution in [1.82, 2.24) is 15.0 Å². The molecule has 0 radical (unpaired) electrons. The van der Waals surface area contributed by atoms with Crippen LogP contribution in [-0.2, 0) is 21.2 Å². The molecule has 9 heteroatoms. The van der Waals surface area contributed by atoms with Crippen LogP contribution in [0.25, 0.3) is 22.0 Å². The zero-order chi connectivity index (χ0) is 21.2. The number of nitrogens with one attached hydrogen (secondary N) is 1. The number of amides is 1. The molecule has 8 nitrogen and oxygen atoms in total. The summed E-state index contributed by atoms with van der Waals surface area (Å²) in [5.41, 5.74) is 3.38. The largest absolute Gasteiger partial charge is 0.315 e. The van der Waals surface area contributed by atoms with Gasteiger partial charge in [-0.15, -0.1) is 0 Å². The molecule has 1 aromatic carbocycles. The summed E-state index contributed by atoms with van der Waals surface area (Å²) in [5, 5.41) is 9.84. The second-order valence-electron chi connectivity index (χ2n) is 7.06. The number of hydrogen-bond donors (Lipinski definition) is 2. The molecule has 3 rings (SSSR count). The van der Waals surface area contributed by atoms with Crippen molar-refractivity contribution in [3.8, 4) is 11.1 Å². The number of sulfone groups is 1. The average molecular weight is 415 g/mol. The highest BCUT2D eigenvalue weighted by atomic mass is 32.2. The number of hydrogen-bond acceptors (Lipinski definition) is 6. The molecule has 2 aromatic heterocycles. The van der Waals surface area contributed by atoms with Crippen LogP contribution in [0.4, 0.5) is 0 Å². The van der Waals surface area contributed by atoms with Gasteiger partial charge < -0.3 is 4.57 Å². The number of aryl methyl sites for hydroxylation is 1. The fraction of sp³-hybridized carbons (Fsp3) is 0.250. The minimum atomic E-state index is -3.83. The predicted molar refractivity (Wildman–Crippen MR) is 109 cm³/mol. The lowest BCUT2D eigenvalue weighted by atomic mass is 10.1. The van der Waals surface area contributed by atoms with E-state index in [1.165, 1.54) is 23.0 Å². The third-order valence-electron chi connectivity index (χ3n) is 5.15. The van der Waals surface area contributed by atoms with Gasteiger partial charge in [-0.25, -0.2) is 13.9 Å². The van der Waals surface area contributed by atoms with Crippen molar-refractivity contribution in [3.63, 3.8) is 0 Å². The molecule has 1 atom stereocenters. The first kappa shape index (κ1) is 20.7. The van der Waals surface area contributed by atoms with Gasteiger partial charge in [0.05, 0.1) is 5.52 Å². The van der Waals surface area contributed by atoms with E-state index in [-0.39, 0.29) is 18.5 Å². The molecule has 3 aromatic rings. The molecule has 2 N–H and O–H groups in total. The van der Waals surface area contributed by atoms with Crippen molar-refractivity contribution in [2.45, 2.75) is 24.6 Å². The number of nitrogens with zero attached hydrogens (tertiary/aromatic N) is 2. The summed E-state index contributed by atoms with van der Waals surface area (Å²) in [6, 6.07) is 12.8. The zero-order valence-electron chi connectivity index (χ0n) is 16.0. The Bertz CT molecular complexity index is 1240. The molecule has 0 saturated carbocycles. The van der Waals surface area contributed by atoms with Gasteiger partial charge in [-0.2, -0.15) is 0 Å². The molecule has 0 aliphatic rings. The van der Waals surface area contributed by atoms with Crippen LogP contribution < -0.4 is 11.0 Å². The summed E-state index contributed by atoms with van der Waals surface area (Å²) in [6.45, 7) is 1.21. The highest BCUT2D eigenvalue weighted by Crippen LogP contribution is 2.23. The van der Waals surface area contributed by atoms with Gasteiger partial charge in [0.2, 0.25) is 0 Å². The molecule has 152 valence electrons. The summed E-state index contributed by atoms with van der Waals surface area (Å²) in [6.07, 6.45) is 3.98. The molecule has 0 fully saturated rings. The van der Waals surface area contributed by atoms with Crippen LogP contribution in [0.5, 0.6) is 0 Å². The lowest BCUT2D eigenvalue weighted by molar-refractivity contribution is -0.131. The number of para-hydroxylation sites is 1. The number of pyridine rings is 2. The number of hydroxylamine groups is 1. The standard InChI is InChI=1S/C20H21N3O5S/c1-20(19(25)22-26,29(2,27)28)8-10-23-9-7-14(12-18(23)24)16-11-15-5-3-4-6-17(15)21-13-16/h3-7,9,11-13,26H,8,10H2,1-2H3,(H,22,25). The van der Waals surface area contributed by atoms with E-state index in [0.717, 1.165) is 22.7 Å². The quantitative estimate of drug-likeness (QED) is 0.468. The Balaban J connectivity index is 1.87. The Kier molecular flexibility index (Phi) is 5.54. The van der Waals surface area contributed by atoms with Crippen molar-refractivity contribution in [3.05, 3.63) is 65.2 Å². The van der Waals surface area contributed by atoms with Crippen molar-refractivity contribution >= 4 is 26.6 Å². The van der Waals surface area contributed by atoms with Gasteiger partial charge in [0.1, 0.15) is 0 Å². The monoisotopic (exact) mass is 415 g/mol. The topological polar surface area (TPSA) is 118 Å². The van der Waals surface area contributed by atoms with Crippen LogP contribution in [0, 0.1) is 0 Å². The fourth-order valence-electron chi connectivity index (χ4n) is 3.02. The molecule has 2 heterocycles. The van der Waals surface area contributed by atoms with Gasteiger partial charge in [0.15, 0.2) is 14.6 Å². The van der Waals surface area contributed by atoms with Crippen LogP contribution in [0.3, 0.4) is 0 Å². The third kappa shape index (κ3) is 4.06. The smallest absolute Gasteiger partial charge is 0.264 e. The van der Waals surface area contributed by atoms with Crippen LogP contribution in [0.2, 0.25) is 0 Å². The number of rotatable bonds is 6. The summed E-state index contributed by atoms with van der Waals surface area (Å²) < 4.78 is 23.5. The first-order chi connectivity index (χ1) is 13.7. The predicted octanol–water partition coefficient (Wildman–Crippen LogP) is 1.76. The minimum Gasteiger partial charge on any atom is -0.315 e. The van der Waals surface area contributed by atoms with Crippen LogP contribution in [0.1, 0.15) is 13.3 Å². The number of aromatic nitrogens is 2. The Labute approximate surface area is 167 Å². The van der Waals surface area contributed by atoms with E-state index >= 15 is 0 Å². The van der Waals surface area contributed by atoms with Gasteiger partial charge in [-0.1, -0.05) is 18.2 Å². The Morgan fingerprint density at radius 2 is 1.93 bits per heavy atom.